The van der Waals surface area contributed by atoms with Crippen LogP contribution in [-0.4, -0.2) is 25.9 Å². The molecule has 1 aliphatic rings. The highest BCUT2D eigenvalue weighted by molar-refractivity contribution is 5.64. The Morgan fingerprint density at radius 1 is 1.04 bits per heavy atom. The summed E-state index contributed by atoms with van der Waals surface area (Å²) < 4.78 is 7.70. The standard InChI is InChI=1S/C18H18N4O/c1-2-5-17(4-1)23-18-7-6-14(12-20-18)15-10-16(13-19-11-15)22-9-3-8-21-22/h3,6-13,17H,1-2,4-5H2. The van der Waals surface area contributed by atoms with Gasteiger partial charge in [0.15, 0.2) is 0 Å². The van der Waals surface area contributed by atoms with Crippen LogP contribution in [0.1, 0.15) is 25.7 Å². The second-order valence-corrected chi connectivity index (χ2v) is 5.79. The van der Waals surface area contributed by atoms with Crippen molar-refractivity contribution in [3.8, 4) is 22.7 Å². The van der Waals surface area contributed by atoms with Gasteiger partial charge in [0, 0.05) is 42.0 Å². The summed E-state index contributed by atoms with van der Waals surface area (Å²) in [7, 11) is 0. The van der Waals surface area contributed by atoms with E-state index in [0.29, 0.717) is 12.0 Å². The van der Waals surface area contributed by atoms with Gasteiger partial charge in [-0.25, -0.2) is 9.67 Å². The van der Waals surface area contributed by atoms with Crippen molar-refractivity contribution in [2.45, 2.75) is 31.8 Å². The van der Waals surface area contributed by atoms with Gasteiger partial charge in [0.1, 0.15) is 6.10 Å². The summed E-state index contributed by atoms with van der Waals surface area (Å²) in [5, 5.41) is 4.23. The summed E-state index contributed by atoms with van der Waals surface area (Å²) in [6.07, 6.45) is 14.2. The maximum Gasteiger partial charge on any atom is 0.213 e. The third-order valence-electron chi connectivity index (χ3n) is 4.15. The van der Waals surface area contributed by atoms with E-state index in [4.69, 9.17) is 4.74 Å². The maximum atomic E-state index is 5.91. The van der Waals surface area contributed by atoms with E-state index in [1.807, 2.05) is 36.8 Å². The molecule has 0 atom stereocenters. The van der Waals surface area contributed by atoms with E-state index in [-0.39, 0.29) is 0 Å². The lowest BCUT2D eigenvalue weighted by atomic mass is 10.1. The molecule has 3 heterocycles. The molecule has 116 valence electrons. The van der Waals surface area contributed by atoms with Crippen molar-refractivity contribution < 1.29 is 4.74 Å². The molecule has 4 rings (SSSR count). The molecule has 5 nitrogen and oxygen atoms in total. The lowest BCUT2D eigenvalue weighted by molar-refractivity contribution is 0.201. The third-order valence-corrected chi connectivity index (χ3v) is 4.15. The quantitative estimate of drug-likeness (QED) is 0.738. The van der Waals surface area contributed by atoms with E-state index in [1.165, 1.54) is 12.8 Å². The molecule has 0 amide bonds. The molecule has 0 bridgehead atoms. The van der Waals surface area contributed by atoms with E-state index in [0.717, 1.165) is 29.7 Å². The Bertz CT molecular complexity index is 762. The van der Waals surface area contributed by atoms with Gasteiger partial charge in [-0.15, -0.1) is 0 Å². The molecular weight excluding hydrogens is 288 g/mol. The number of aromatic nitrogens is 4. The van der Waals surface area contributed by atoms with Crippen LogP contribution in [0.15, 0.2) is 55.2 Å². The van der Waals surface area contributed by atoms with Crippen LogP contribution < -0.4 is 4.74 Å². The normalized spacial score (nSPS) is 15.0. The van der Waals surface area contributed by atoms with Crippen LogP contribution >= 0.6 is 0 Å². The molecule has 5 heteroatoms. The van der Waals surface area contributed by atoms with Crippen molar-refractivity contribution in [2.24, 2.45) is 0 Å². The number of ether oxygens (including phenoxy) is 1. The van der Waals surface area contributed by atoms with Gasteiger partial charge in [-0.05, 0) is 43.9 Å². The van der Waals surface area contributed by atoms with Crippen molar-refractivity contribution >= 4 is 0 Å². The monoisotopic (exact) mass is 306 g/mol. The highest BCUT2D eigenvalue weighted by Gasteiger charge is 2.16. The van der Waals surface area contributed by atoms with Crippen molar-refractivity contribution in [3.63, 3.8) is 0 Å². The van der Waals surface area contributed by atoms with E-state index in [1.54, 1.807) is 17.1 Å². The van der Waals surface area contributed by atoms with Crippen LogP contribution in [0.2, 0.25) is 0 Å². The van der Waals surface area contributed by atoms with Gasteiger partial charge in [0.25, 0.3) is 0 Å². The number of rotatable bonds is 4. The molecule has 0 saturated heterocycles. The highest BCUT2D eigenvalue weighted by Crippen LogP contribution is 2.25. The van der Waals surface area contributed by atoms with Gasteiger partial charge in [-0.2, -0.15) is 5.10 Å². The molecule has 23 heavy (non-hydrogen) atoms. The third kappa shape index (κ3) is 3.08. The van der Waals surface area contributed by atoms with Gasteiger partial charge in [0.05, 0.1) is 11.9 Å². The van der Waals surface area contributed by atoms with Gasteiger partial charge < -0.3 is 4.74 Å². The predicted molar refractivity (Wildman–Crippen MR) is 87.5 cm³/mol. The van der Waals surface area contributed by atoms with Crippen molar-refractivity contribution in [2.75, 3.05) is 0 Å². The first-order chi connectivity index (χ1) is 11.4. The molecule has 3 aromatic rings. The summed E-state index contributed by atoms with van der Waals surface area (Å²) in [4.78, 5) is 8.74. The van der Waals surface area contributed by atoms with E-state index in [9.17, 15) is 0 Å². The molecule has 0 N–H and O–H groups in total. The summed E-state index contributed by atoms with van der Waals surface area (Å²) >= 11 is 0. The highest BCUT2D eigenvalue weighted by atomic mass is 16.5. The van der Waals surface area contributed by atoms with Crippen LogP contribution in [0.4, 0.5) is 0 Å². The zero-order chi connectivity index (χ0) is 15.5. The molecule has 0 unspecified atom stereocenters. The topological polar surface area (TPSA) is 52.8 Å². The Balaban J connectivity index is 1.54. The fourth-order valence-corrected chi connectivity index (χ4v) is 2.93. The molecule has 1 saturated carbocycles. The molecule has 0 aromatic carbocycles. The van der Waals surface area contributed by atoms with Crippen LogP contribution in [0.5, 0.6) is 5.88 Å². The zero-order valence-electron chi connectivity index (χ0n) is 12.8. The molecule has 0 spiro atoms. The molecule has 3 aromatic heterocycles. The average molecular weight is 306 g/mol. The fourth-order valence-electron chi connectivity index (χ4n) is 2.93. The fraction of sp³-hybridized carbons (Fsp3) is 0.278. The SMILES string of the molecule is c1cnn(-c2cncc(-c3ccc(OC4CCCC4)nc3)c2)c1. The summed E-state index contributed by atoms with van der Waals surface area (Å²) in [6.45, 7) is 0. The summed E-state index contributed by atoms with van der Waals surface area (Å²) in [5.41, 5.74) is 2.96. The Hall–Kier alpha value is -2.69. The van der Waals surface area contributed by atoms with Crippen molar-refractivity contribution in [1.29, 1.82) is 0 Å². The van der Waals surface area contributed by atoms with Gasteiger partial charge in [-0.1, -0.05) is 0 Å². The predicted octanol–water partition coefficient (Wildman–Crippen LogP) is 3.65. The first kappa shape index (κ1) is 13.9. The Kier molecular flexibility index (Phi) is 3.76. The minimum absolute atomic E-state index is 0.332. The van der Waals surface area contributed by atoms with Crippen LogP contribution in [0, 0.1) is 0 Å². The van der Waals surface area contributed by atoms with E-state index in [2.05, 4.69) is 21.1 Å². The Morgan fingerprint density at radius 3 is 2.70 bits per heavy atom. The average Bonchev–Trinajstić information content (AvgIpc) is 3.29. The minimum Gasteiger partial charge on any atom is -0.474 e. The number of nitrogens with zero attached hydrogens (tertiary/aromatic N) is 4. The van der Waals surface area contributed by atoms with Crippen LogP contribution in [0.25, 0.3) is 16.8 Å². The summed E-state index contributed by atoms with van der Waals surface area (Å²) in [5.74, 6) is 0.705. The molecule has 0 radical (unpaired) electrons. The molecule has 1 fully saturated rings. The van der Waals surface area contributed by atoms with Gasteiger partial charge >= 0.3 is 0 Å². The lowest BCUT2D eigenvalue weighted by Gasteiger charge is -2.12. The smallest absolute Gasteiger partial charge is 0.213 e. The molecule has 0 aliphatic heterocycles. The minimum atomic E-state index is 0.332. The zero-order valence-corrected chi connectivity index (χ0v) is 12.8. The summed E-state index contributed by atoms with van der Waals surface area (Å²) in [6, 6.07) is 7.91. The van der Waals surface area contributed by atoms with Gasteiger partial charge in [0.2, 0.25) is 5.88 Å². The second kappa shape index (κ2) is 6.20. The Labute approximate surface area is 135 Å². The maximum absolute atomic E-state index is 5.91. The number of hydrogen-bond donors (Lipinski definition) is 0. The largest absolute Gasteiger partial charge is 0.474 e. The first-order valence-corrected chi connectivity index (χ1v) is 7.97. The number of hydrogen-bond acceptors (Lipinski definition) is 4. The second-order valence-electron chi connectivity index (χ2n) is 5.79. The van der Waals surface area contributed by atoms with E-state index >= 15 is 0 Å². The lowest BCUT2D eigenvalue weighted by Crippen LogP contribution is -2.11. The van der Waals surface area contributed by atoms with Gasteiger partial charge in [-0.3, -0.25) is 4.98 Å². The Morgan fingerprint density at radius 2 is 1.96 bits per heavy atom. The first-order valence-electron chi connectivity index (χ1n) is 7.97. The van der Waals surface area contributed by atoms with Crippen molar-refractivity contribution in [3.05, 3.63) is 55.2 Å². The van der Waals surface area contributed by atoms with E-state index < -0.39 is 0 Å². The molecular formula is C18H18N4O. The van der Waals surface area contributed by atoms with Crippen LogP contribution in [0.3, 0.4) is 0 Å². The van der Waals surface area contributed by atoms with Crippen molar-refractivity contribution in [1.82, 2.24) is 19.7 Å². The number of pyridine rings is 2. The van der Waals surface area contributed by atoms with Crippen LogP contribution in [-0.2, 0) is 0 Å². The molecule has 1 aliphatic carbocycles.